The van der Waals surface area contributed by atoms with Crippen molar-refractivity contribution in [3.63, 3.8) is 0 Å². The Bertz CT molecular complexity index is 922. The molecule has 0 radical (unpaired) electrons. The van der Waals surface area contributed by atoms with Crippen molar-refractivity contribution in [1.82, 2.24) is 15.5 Å². The van der Waals surface area contributed by atoms with Gasteiger partial charge in [-0.25, -0.2) is 0 Å². The molecule has 2 atom stereocenters. The van der Waals surface area contributed by atoms with Gasteiger partial charge in [-0.2, -0.15) is 0 Å². The fourth-order valence-electron chi connectivity index (χ4n) is 4.86. The van der Waals surface area contributed by atoms with Crippen LogP contribution in [0.15, 0.2) is 53.1 Å². The van der Waals surface area contributed by atoms with Crippen molar-refractivity contribution in [3.8, 4) is 0 Å². The summed E-state index contributed by atoms with van der Waals surface area (Å²) in [6.07, 6.45) is 9.02. The monoisotopic (exact) mass is 451 g/mol. The van der Waals surface area contributed by atoms with E-state index in [-0.39, 0.29) is 29.5 Å². The van der Waals surface area contributed by atoms with Crippen LogP contribution in [0, 0.1) is 5.92 Å². The van der Waals surface area contributed by atoms with Gasteiger partial charge in [0.1, 0.15) is 6.04 Å². The number of carbonyl (C=O) groups is 3. The van der Waals surface area contributed by atoms with Crippen molar-refractivity contribution in [1.29, 1.82) is 0 Å². The molecule has 2 fully saturated rings. The van der Waals surface area contributed by atoms with Crippen molar-refractivity contribution in [3.05, 3.63) is 60.1 Å². The fourth-order valence-corrected chi connectivity index (χ4v) is 4.86. The molecule has 2 aromatic rings. The van der Waals surface area contributed by atoms with Crippen molar-refractivity contribution < 1.29 is 18.8 Å². The Morgan fingerprint density at radius 3 is 2.48 bits per heavy atom. The van der Waals surface area contributed by atoms with E-state index in [2.05, 4.69) is 10.6 Å². The normalized spacial score (nSPS) is 20.1. The van der Waals surface area contributed by atoms with E-state index in [9.17, 15) is 14.4 Å². The maximum atomic E-state index is 13.5. The predicted octanol–water partition coefficient (Wildman–Crippen LogP) is 3.31. The van der Waals surface area contributed by atoms with Gasteiger partial charge < -0.3 is 20.0 Å². The van der Waals surface area contributed by atoms with Crippen molar-refractivity contribution in [2.24, 2.45) is 5.92 Å². The van der Waals surface area contributed by atoms with Crippen LogP contribution in [-0.4, -0.2) is 47.8 Å². The van der Waals surface area contributed by atoms with E-state index in [4.69, 9.17) is 4.42 Å². The Morgan fingerprint density at radius 1 is 0.970 bits per heavy atom. The number of amides is 3. The molecule has 33 heavy (non-hydrogen) atoms. The lowest BCUT2D eigenvalue weighted by atomic mass is 9.92. The first-order valence-corrected chi connectivity index (χ1v) is 12.1. The summed E-state index contributed by atoms with van der Waals surface area (Å²) < 4.78 is 5.20. The zero-order valence-corrected chi connectivity index (χ0v) is 19.0. The highest BCUT2D eigenvalue weighted by Crippen LogP contribution is 2.22. The first-order chi connectivity index (χ1) is 16.1. The first-order valence-electron chi connectivity index (χ1n) is 12.1. The van der Waals surface area contributed by atoms with Gasteiger partial charge in [-0.15, -0.1) is 0 Å². The molecule has 2 aliphatic rings. The Balaban J connectivity index is 1.42. The fraction of sp³-hybridized carbons (Fsp3) is 0.500. The second-order valence-electron chi connectivity index (χ2n) is 9.16. The topological polar surface area (TPSA) is 91.7 Å². The van der Waals surface area contributed by atoms with Gasteiger partial charge in [0.15, 0.2) is 5.76 Å². The number of piperidine rings is 1. The second-order valence-corrected chi connectivity index (χ2v) is 9.16. The molecule has 1 saturated carbocycles. The molecule has 1 saturated heterocycles. The molecule has 0 unspecified atom stereocenters. The third-order valence-corrected chi connectivity index (χ3v) is 6.69. The summed E-state index contributed by atoms with van der Waals surface area (Å²) in [6, 6.07) is 12.4. The summed E-state index contributed by atoms with van der Waals surface area (Å²) in [5.41, 5.74) is 0.958. The minimum Gasteiger partial charge on any atom is -0.459 e. The third-order valence-electron chi connectivity index (χ3n) is 6.69. The zero-order valence-electron chi connectivity index (χ0n) is 19.0. The third kappa shape index (κ3) is 6.24. The molecule has 1 aromatic carbocycles. The second kappa shape index (κ2) is 11.2. The molecule has 4 rings (SSSR count). The molecule has 1 aliphatic carbocycles. The molecular weight excluding hydrogens is 418 g/mol. The van der Waals surface area contributed by atoms with Gasteiger partial charge in [0, 0.05) is 25.6 Å². The number of rotatable bonds is 7. The standard InChI is InChI=1S/C26H33N3O4/c30-24(27-21-12-5-2-6-13-21)20-11-7-15-29(18-20)26(32)22(17-19-9-3-1-4-10-19)28-25(31)23-14-8-16-33-23/h1,3-4,8-10,14,16,20-22H,2,5-7,11-13,15,17-18H2,(H,27,30)(H,28,31)/t20-,22-/m1/s1. The Kier molecular flexibility index (Phi) is 7.81. The van der Waals surface area contributed by atoms with E-state index in [1.807, 2.05) is 30.3 Å². The molecule has 1 aromatic heterocycles. The Hall–Kier alpha value is -3.09. The van der Waals surface area contributed by atoms with E-state index in [0.717, 1.165) is 44.1 Å². The maximum Gasteiger partial charge on any atom is 0.287 e. The summed E-state index contributed by atoms with van der Waals surface area (Å²) in [4.78, 5) is 40.8. The number of carbonyl (C=O) groups excluding carboxylic acids is 3. The summed E-state index contributed by atoms with van der Waals surface area (Å²) >= 11 is 0. The molecule has 0 bridgehead atoms. The Morgan fingerprint density at radius 2 is 1.76 bits per heavy atom. The van der Waals surface area contributed by atoms with Crippen LogP contribution in [-0.2, 0) is 16.0 Å². The highest BCUT2D eigenvalue weighted by Gasteiger charge is 2.33. The number of hydrogen-bond acceptors (Lipinski definition) is 4. The van der Waals surface area contributed by atoms with Crippen molar-refractivity contribution >= 4 is 17.7 Å². The van der Waals surface area contributed by atoms with Gasteiger partial charge in [-0.3, -0.25) is 14.4 Å². The van der Waals surface area contributed by atoms with Crippen LogP contribution in [0.1, 0.15) is 61.1 Å². The van der Waals surface area contributed by atoms with Crippen LogP contribution in [0.3, 0.4) is 0 Å². The number of nitrogens with one attached hydrogen (secondary N) is 2. The van der Waals surface area contributed by atoms with Crippen LogP contribution >= 0.6 is 0 Å². The lowest BCUT2D eigenvalue weighted by molar-refractivity contribution is -0.137. The molecular formula is C26H33N3O4. The average Bonchev–Trinajstić information content (AvgIpc) is 3.40. The molecule has 3 amide bonds. The number of benzene rings is 1. The SMILES string of the molecule is O=C(N[C@H](Cc1ccccc1)C(=O)N1CCC[C@@H](C(=O)NC2CCCCC2)C1)c1ccco1. The number of furan rings is 1. The van der Waals surface area contributed by atoms with Gasteiger partial charge >= 0.3 is 0 Å². The highest BCUT2D eigenvalue weighted by atomic mass is 16.3. The summed E-state index contributed by atoms with van der Waals surface area (Å²) in [7, 11) is 0. The van der Waals surface area contributed by atoms with Gasteiger partial charge in [0.2, 0.25) is 11.8 Å². The number of nitrogens with zero attached hydrogens (tertiary/aromatic N) is 1. The van der Waals surface area contributed by atoms with E-state index in [1.165, 1.54) is 12.7 Å². The maximum absolute atomic E-state index is 13.5. The summed E-state index contributed by atoms with van der Waals surface area (Å²) in [6.45, 7) is 0.979. The molecule has 1 aliphatic heterocycles. The van der Waals surface area contributed by atoms with E-state index in [0.29, 0.717) is 19.5 Å². The van der Waals surface area contributed by atoms with Gasteiger partial charge in [-0.1, -0.05) is 49.6 Å². The molecule has 0 spiro atoms. The molecule has 7 heteroatoms. The van der Waals surface area contributed by atoms with Crippen LogP contribution in [0.2, 0.25) is 0 Å². The predicted molar refractivity (Wildman–Crippen MR) is 124 cm³/mol. The van der Waals surface area contributed by atoms with E-state index >= 15 is 0 Å². The van der Waals surface area contributed by atoms with Gasteiger partial charge in [0.05, 0.1) is 12.2 Å². The first kappa shape index (κ1) is 23.1. The Labute approximate surface area is 194 Å². The summed E-state index contributed by atoms with van der Waals surface area (Å²) in [5, 5.41) is 6.06. The largest absolute Gasteiger partial charge is 0.459 e. The summed E-state index contributed by atoms with van der Waals surface area (Å²) in [5.74, 6) is -0.558. The van der Waals surface area contributed by atoms with Gasteiger partial charge in [0.25, 0.3) is 5.91 Å². The minimum absolute atomic E-state index is 0.0543. The van der Waals surface area contributed by atoms with Crippen LogP contribution in [0.4, 0.5) is 0 Å². The quantitative estimate of drug-likeness (QED) is 0.676. The highest BCUT2D eigenvalue weighted by molar-refractivity contribution is 5.95. The molecule has 2 heterocycles. The molecule has 2 N–H and O–H groups in total. The smallest absolute Gasteiger partial charge is 0.287 e. The average molecular weight is 452 g/mol. The lowest BCUT2D eigenvalue weighted by Crippen LogP contribution is -2.54. The number of likely N-dealkylation sites (tertiary alicyclic amines) is 1. The van der Waals surface area contributed by atoms with Crippen molar-refractivity contribution in [2.75, 3.05) is 13.1 Å². The van der Waals surface area contributed by atoms with E-state index in [1.54, 1.807) is 17.0 Å². The molecule has 7 nitrogen and oxygen atoms in total. The van der Waals surface area contributed by atoms with Crippen LogP contribution < -0.4 is 10.6 Å². The van der Waals surface area contributed by atoms with Crippen molar-refractivity contribution in [2.45, 2.75) is 63.5 Å². The number of hydrogen-bond donors (Lipinski definition) is 2. The van der Waals surface area contributed by atoms with E-state index < -0.39 is 11.9 Å². The minimum atomic E-state index is -0.731. The van der Waals surface area contributed by atoms with Gasteiger partial charge in [-0.05, 0) is 43.4 Å². The molecule has 176 valence electrons. The van der Waals surface area contributed by atoms with Crippen LogP contribution in [0.25, 0.3) is 0 Å². The lowest BCUT2D eigenvalue weighted by Gasteiger charge is -2.35. The van der Waals surface area contributed by atoms with Crippen LogP contribution in [0.5, 0.6) is 0 Å². The zero-order chi connectivity index (χ0) is 23.0.